The van der Waals surface area contributed by atoms with E-state index >= 15 is 0 Å². The van der Waals surface area contributed by atoms with Crippen molar-refractivity contribution in [2.24, 2.45) is 5.92 Å². The second kappa shape index (κ2) is 7.54. The van der Waals surface area contributed by atoms with Gasteiger partial charge in [-0.1, -0.05) is 26.0 Å². The number of benzene rings is 1. The van der Waals surface area contributed by atoms with Gasteiger partial charge in [0.25, 0.3) is 5.91 Å². The number of halogens is 3. The molecule has 2 aromatic rings. The Hall–Kier alpha value is -3.02. The predicted octanol–water partition coefficient (Wildman–Crippen LogP) is 3.51. The number of nitrogens with two attached hydrogens (primary N) is 1. The smallest absolute Gasteiger partial charge is 0.399 e. The summed E-state index contributed by atoms with van der Waals surface area (Å²) in [6.07, 6.45) is -3.77. The average Bonchev–Trinajstić information content (AvgIpc) is 3.02. The van der Waals surface area contributed by atoms with E-state index in [1.54, 1.807) is 39.0 Å². The number of alkyl halides is 3. The van der Waals surface area contributed by atoms with E-state index in [1.165, 1.54) is 6.92 Å². The van der Waals surface area contributed by atoms with E-state index in [1.807, 2.05) is 6.07 Å². The zero-order chi connectivity index (χ0) is 21.3. The number of hydrogen-bond acceptors (Lipinski definition) is 4. The molecule has 0 bridgehead atoms. The van der Waals surface area contributed by atoms with E-state index in [-0.39, 0.29) is 12.5 Å². The van der Waals surface area contributed by atoms with Gasteiger partial charge in [0.15, 0.2) is 5.69 Å². The first-order chi connectivity index (χ1) is 12.9. The van der Waals surface area contributed by atoms with Crippen molar-refractivity contribution in [3.8, 4) is 6.07 Å². The van der Waals surface area contributed by atoms with E-state index in [4.69, 9.17) is 5.73 Å². The summed E-state index contributed by atoms with van der Waals surface area (Å²) in [5, 5.41) is 15.3. The number of aromatic nitrogens is 2. The van der Waals surface area contributed by atoms with Crippen molar-refractivity contribution in [2.45, 2.75) is 46.0 Å². The Labute approximate surface area is 161 Å². The monoisotopic (exact) mass is 393 g/mol. The van der Waals surface area contributed by atoms with Crippen LogP contribution in [0.15, 0.2) is 24.4 Å². The summed E-state index contributed by atoms with van der Waals surface area (Å²) < 4.78 is 41.3. The molecule has 0 saturated heterocycles. The highest BCUT2D eigenvalue weighted by Gasteiger charge is 2.41. The van der Waals surface area contributed by atoms with E-state index in [0.717, 1.165) is 16.4 Å². The highest BCUT2D eigenvalue weighted by atomic mass is 19.4. The van der Waals surface area contributed by atoms with E-state index in [2.05, 4.69) is 10.4 Å². The second-order valence-electron chi connectivity index (χ2n) is 7.20. The van der Waals surface area contributed by atoms with Crippen LogP contribution in [0.1, 0.15) is 48.0 Å². The maximum absolute atomic E-state index is 13.4. The molecule has 0 aliphatic carbocycles. The Morgan fingerprint density at radius 3 is 2.54 bits per heavy atom. The number of aryl methyl sites for hydroxylation is 1. The third-order valence-electron chi connectivity index (χ3n) is 4.71. The van der Waals surface area contributed by atoms with Crippen molar-refractivity contribution in [1.82, 2.24) is 15.1 Å². The number of nitrogens with one attached hydrogen (secondary N) is 1. The molecule has 9 heteroatoms. The number of nitrogen functional groups attached to an aromatic ring is 1. The van der Waals surface area contributed by atoms with Crippen LogP contribution in [0.2, 0.25) is 0 Å². The number of nitriles is 1. The molecule has 2 rings (SSSR count). The van der Waals surface area contributed by atoms with E-state index < -0.39 is 28.9 Å². The van der Waals surface area contributed by atoms with Gasteiger partial charge in [0, 0.05) is 11.9 Å². The second-order valence-corrected chi connectivity index (χ2v) is 7.20. The topological polar surface area (TPSA) is 96.7 Å². The van der Waals surface area contributed by atoms with Crippen molar-refractivity contribution in [3.05, 3.63) is 46.8 Å². The Morgan fingerprint density at radius 2 is 2.04 bits per heavy atom. The zero-order valence-corrected chi connectivity index (χ0v) is 16.1. The number of carbonyl (C=O) groups is 1. The summed E-state index contributed by atoms with van der Waals surface area (Å²) >= 11 is 0. The van der Waals surface area contributed by atoms with Crippen molar-refractivity contribution in [1.29, 1.82) is 5.26 Å². The Morgan fingerprint density at radius 1 is 1.39 bits per heavy atom. The molecule has 0 fully saturated rings. The van der Waals surface area contributed by atoms with Gasteiger partial charge in [0.2, 0.25) is 0 Å². The first kappa shape index (κ1) is 21.3. The molecule has 0 spiro atoms. The number of anilines is 1. The molecule has 0 saturated carbocycles. The number of rotatable bonds is 5. The average molecular weight is 393 g/mol. The maximum Gasteiger partial charge on any atom is 0.435 e. The van der Waals surface area contributed by atoms with Gasteiger partial charge in [-0.25, -0.2) is 0 Å². The molecule has 1 aromatic carbocycles. The van der Waals surface area contributed by atoms with E-state index in [0.29, 0.717) is 11.3 Å². The van der Waals surface area contributed by atoms with Gasteiger partial charge in [-0.05, 0) is 37.0 Å². The number of hydrogen-bond donors (Lipinski definition) is 2. The minimum Gasteiger partial charge on any atom is -0.399 e. The summed E-state index contributed by atoms with van der Waals surface area (Å²) in [6, 6.07) is 7.03. The third kappa shape index (κ3) is 4.44. The van der Waals surface area contributed by atoms with Crippen LogP contribution in [0.25, 0.3) is 0 Å². The molecule has 1 heterocycles. The lowest BCUT2D eigenvalue weighted by Gasteiger charge is -2.27. The van der Waals surface area contributed by atoms with Gasteiger partial charge in [-0.15, -0.1) is 0 Å². The molecule has 1 amide bonds. The van der Waals surface area contributed by atoms with Crippen LogP contribution in [0.4, 0.5) is 18.9 Å². The molecule has 1 atom stereocenters. The summed E-state index contributed by atoms with van der Waals surface area (Å²) in [7, 11) is 0. The lowest BCUT2D eigenvalue weighted by Crippen LogP contribution is -2.49. The zero-order valence-electron chi connectivity index (χ0n) is 16.1. The van der Waals surface area contributed by atoms with Crippen LogP contribution < -0.4 is 11.1 Å². The predicted molar refractivity (Wildman–Crippen MR) is 98.2 cm³/mol. The molecule has 0 aliphatic rings. The Bertz CT molecular complexity index is 927. The minimum atomic E-state index is -4.81. The summed E-state index contributed by atoms with van der Waals surface area (Å²) in [5.41, 5.74) is 4.59. The van der Waals surface area contributed by atoms with Crippen LogP contribution in [-0.2, 0) is 12.7 Å². The van der Waals surface area contributed by atoms with Gasteiger partial charge >= 0.3 is 6.18 Å². The van der Waals surface area contributed by atoms with Gasteiger partial charge in [0.1, 0.15) is 5.54 Å². The van der Waals surface area contributed by atoms with Crippen molar-refractivity contribution >= 4 is 11.6 Å². The van der Waals surface area contributed by atoms with Crippen LogP contribution in [-0.4, -0.2) is 21.2 Å². The fraction of sp³-hybridized carbons (Fsp3) is 0.421. The van der Waals surface area contributed by atoms with Crippen LogP contribution >= 0.6 is 0 Å². The minimum absolute atomic E-state index is 0.0389. The maximum atomic E-state index is 13.4. The van der Waals surface area contributed by atoms with Crippen LogP contribution in [0.5, 0.6) is 0 Å². The highest BCUT2D eigenvalue weighted by Crippen LogP contribution is 2.31. The lowest BCUT2D eigenvalue weighted by atomic mass is 9.90. The first-order valence-electron chi connectivity index (χ1n) is 8.61. The fourth-order valence-electron chi connectivity index (χ4n) is 2.51. The van der Waals surface area contributed by atoms with E-state index in [9.17, 15) is 23.2 Å². The fourth-order valence-corrected chi connectivity index (χ4v) is 2.51. The molecular weight excluding hydrogens is 371 g/mol. The van der Waals surface area contributed by atoms with Crippen molar-refractivity contribution in [2.75, 3.05) is 5.73 Å². The number of nitrogens with zero attached hydrogens (tertiary/aromatic N) is 3. The van der Waals surface area contributed by atoms with Crippen molar-refractivity contribution in [3.63, 3.8) is 0 Å². The quantitative estimate of drug-likeness (QED) is 0.760. The third-order valence-corrected chi connectivity index (χ3v) is 4.71. The summed E-state index contributed by atoms with van der Waals surface area (Å²) in [4.78, 5) is 12.5. The van der Waals surface area contributed by atoms with Gasteiger partial charge in [-0.2, -0.15) is 23.5 Å². The molecule has 0 radical (unpaired) electrons. The lowest BCUT2D eigenvalue weighted by molar-refractivity contribution is -0.141. The molecule has 0 aliphatic heterocycles. The molecule has 6 nitrogen and oxygen atoms in total. The number of carbonyl (C=O) groups excluding carboxylic acids is 1. The van der Waals surface area contributed by atoms with Gasteiger partial charge in [0.05, 0.1) is 18.2 Å². The molecule has 28 heavy (non-hydrogen) atoms. The SMILES string of the molecule is Cc1cc(Cn2cc(C(=O)NC(C)(C#N)C(C)C)c(C(F)(F)F)n2)ccc1N. The molecule has 1 unspecified atom stereocenters. The Balaban J connectivity index is 2.40. The summed E-state index contributed by atoms with van der Waals surface area (Å²) in [5.74, 6) is -1.30. The van der Waals surface area contributed by atoms with Gasteiger partial charge in [-0.3, -0.25) is 9.48 Å². The van der Waals surface area contributed by atoms with Gasteiger partial charge < -0.3 is 11.1 Å². The van der Waals surface area contributed by atoms with Crippen molar-refractivity contribution < 1.29 is 18.0 Å². The highest BCUT2D eigenvalue weighted by molar-refractivity contribution is 5.96. The number of amides is 1. The molecular formula is C19H22F3N5O. The van der Waals surface area contributed by atoms with Crippen LogP contribution in [0, 0.1) is 24.2 Å². The normalized spacial score (nSPS) is 13.8. The Kier molecular flexibility index (Phi) is 5.73. The standard InChI is InChI=1S/C19H22F3N5O/c1-11(2)18(4,10-23)25-17(28)14-9-27(26-16(14)19(20,21)22)8-13-5-6-15(24)12(3)7-13/h5-7,9,11H,8,24H2,1-4H3,(H,25,28). The molecule has 150 valence electrons. The molecule has 3 N–H and O–H groups in total. The van der Waals surface area contributed by atoms with Crippen LogP contribution in [0.3, 0.4) is 0 Å². The first-order valence-corrected chi connectivity index (χ1v) is 8.61. The molecule has 1 aromatic heterocycles. The summed E-state index contributed by atoms with van der Waals surface area (Å²) in [6.45, 7) is 6.68. The largest absolute Gasteiger partial charge is 0.435 e.